The predicted octanol–water partition coefficient (Wildman–Crippen LogP) is 3.50. The van der Waals surface area contributed by atoms with Crippen molar-refractivity contribution in [1.82, 2.24) is 15.5 Å². The Kier molecular flexibility index (Phi) is 6.78. The number of hydrogen-bond donors (Lipinski definition) is 3. The number of nitrogens with one attached hydrogen (secondary N) is 2. The molecule has 7 rings (SSSR count). The van der Waals surface area contributed by atoms with Crippen molar-refractivity contribution >= 4 is 29.3 Å². The highest BCUT2D eigenvalue weighted by Crippen LogP contribution is 2.54. The molecule has 8 nitrogen and oxygen atoms in total. The lowest BCUT2D eigenvalue weighted by atomic mass is 9.70. The van der Waals surface area contributed by atoms with E-state index in [4.69, 9.17) is 11.6 Å². The van der Waals surface area contributed by atoms with Gasteiger partial charge in [0.1, 0.15) is 12.1 Å². The maximum atomic E-state index is 15.3. The van der Waals surface area contributed by atoms with Gasteiger partial charge in [0, 0.05) is 41.1 Å². The molecule has 41 heavy (non-hydrogen) atoms. The molecule has 1 saturated carbocycles. The number of benzene rings is 2. The first-order valence-corrected chi connectivity index (χ1v) is 14.2. The van der Waals surface area contributed by atoms with E-state index in [1.165, 1.54) is 6.07 Å². The van der Waals surface area contributed by atoms with Crippen molar-refractivity contribution < 1.29 is 28.3 Å². The van der Waals surface area contributed by atoms with E-state index in [1.807, 2.05) is 6.07 Å². The van der Waals surface area contributed by atoms with Crippen molar-refractivity contribution in [3.05, 3.63) is 58.6 Å². The van der Waals surface area contributed by atoms with Crippen molar-refractivity contribution in [2.45, 2.75) is 68.2 Å². The minimum atomic E-state index is -3.22. The van der Waals surface area contributed by atoms with Crippen LogP contribution in [0.4, 0.5) is 8.78 Å². The van der Waals surface area contributed by atoms with Gasteiger partial charge in [0.25, 0.3) is 11.8 Å². The Morgan fingerprint density at radius 2 is 1.93 bits per heavy atom. The van der Waals surface area contributed by atoms with Gasteiger partial charge >= 0.3 is 0 Å². The summed E-state index contributed by atoms with van der Waals surface area (Å²) in [6.07, 6.45) is 0.943. The smallest absolute Gasteiger partial charge is 0.264 e. The molecule has 0 spiro atoms. The number of carbonyl (C=O) groups is 3. The number of hydrogen-bond acceptors (Lipinski definition) is 5. The van der Waals surface area contributed by atoms with Gasteiger partial charge in [0.2, 0.25) is 11.8 Å². The second-order valence-corrected chi connectivity index (χ2v) is 11.9. The fourth-order valence-corrected chi connectivity index (χ4v) is 7.36. The Bertz CT molecular complexity index is 1480. The molecule has 4 fully saturated rings. The van der Waals surface area contributed by atoms with E-state index >= 15 is 8.78 Å². The fourth-order valence-electron chi connectivity index (χ4n) is 7.19. The van der Waals surface area contributed by atoms with Gasteiger partial charge in [-0.15, -0.1) is 0 Å². The first-order chi connectivity index (χ1) is 19.6. The SMILES string of the molecule is N#C[C@H](C[C@@H]1CCCNC1=O)NC(=O)[C@H]1[C@H]2CC[C@H](CC2(F)F)N1C(=O)[C@@]1(O)c2ccccc2-c2ccc(Cl)cc21. The van der Waals surface area contributed by atoms with Crippen molar-refractivity contribution in [1.29, 1.82) is 5.26 Å². The summed E-state index contributed by atoms with van der Waals surface area (Å²) in [7, 11) is 0. The maximum absolute atomic E-state index is 15.3. The summed E-state index contributed by atoms with van der Waals surface area (Å²) >= 11 is 6.27. The lowest BCUT2D eigenvalue weighted by molar-refractivity contribution is -0.201. The Balaban J connectivity index is 1.36. The molecule has 3 aliphatic heterocycles. The maximum Gasteiger partial charge on any atom is 0.264 e. The standard InChI is InChI=1S/C30H29ClF2N4O4/c31-17-7-9-21-20-5-1-2-6-22(20)30(41,24(21)13-17)28(40)37-19-8-10-23(29(32,33)14-19)25(37)27(39)36-18(15-34)12-16-4-3-11-35-26(16)38/h1-2,5-7,9,13,16,18-19,23,25,41H,3-4,8,10-12,14H2,(H,35,38)(H,36,39)/t16-,18-,19+,23+,25+,30+/m0/s1. The number of nitriles is 1. The molecule has 5 aliphatic rings. The molecule has 2 aromatic carbocycles. The third-order valence-corrected chi connectivity index (χ3v) is 9.35. The van der Waals surface area contributed by atoms with Crippen molar-refractivity contribution in [2.75, 3.05) is 6.54 Å². The molecule has 3 heterocycles. The summed E-state index contributed by atoms with van der Waals surface area (Å²) in [5.74, 6) is -7.19. The zero-order chi connectivity index (χ0) is 29.1. The average molecular weight is 583 g/mol. The Hall–Kier alpha value is -3.55. The lowest BCUT2D eigenvalue weighted by Gasteiger charge is -2.54. The summed E-state index contributed by atoms with van der Waals surface area (Å²) in [5, 5.41) is 27.6. The first-order valence-electron chi connectivity index (χ1n) is 13.9. The van der Waals surface area contributed by atoms with Gasteiger partial charge in [0.15, 0.2) is 5.60 Å². The predicted molar refractivity (Wildman–Crippen MR) is 144 cm³/mol. The molecule has 214 valence electrons. The van der Waals surface area contributed by atoms with Crippen LogP contribution in [0, 0.1) is 23.2 Å². The molecule has 0 radical (unpaired) electrons. The van der Waals surface area contributed by atoms with Crippen LogP contribution in [0.3, 0.4) is 0 Å². The second-order valence-electron chi connectivity index (χ2n) is 11.5. The van der Waals surface area contributed by atoms with E-state index in [0.717, 1.165) is 11.3 Å². The summed E-state index contributed by atoms with van der Waals surface area (Å²) in [6.45, 7) is 0.538. The normalized spacial score (nSPS) is 30.0. The molecule has 3 amide bonds. The van der Waals surface area contributed by atoms with Crippen LogP contribution < -0.4 is 10.6 Å². The molecule has 3 saturated heterocycles. The van der Waals surface area contributed by atoms with Crippen LogP contribution in [0.5, 0.6) is 0 Å². The molecule has 2 aromatic rings. The zero-order valence-corrected chi connectivity index (χ0v) is 22.8. The lowest BCUT2D eigenvalue weighted by Crippen LogP contribution is -2.70. The number of alkyl halides is 2. The molecular formula is C30H29ClF2N4O4. The topological polar surface area (TPSA) is 123 Å². The fraction of sp³-hybridized carbons (Fsp3) is 0.467. The van der Waals surface area contributed by atoms with E-state index in [1.54, 1.807) is 36.4 Å². The van der Waals surface area contributed by atoms with Gasteiger partial charge in [-0.3, -0.25) is 14.4 Å². The minimum absolute atomic E-state index is 0.0131. The molecule has 11 heteroatoms. The quantitative estimate of drug-likeness (QED) is 0.498. The van der Waals surface area contributed by atoms with Crippen LogP contribution in [0.25, 0.3) is 11.1 Å². The zero-order valence-electron chi connectivity index (χ0n) is 22.1. The van der Waals surface area contributed by atoms with Crippen LogP contribution in [-0.4, -0.2) is 58.3 Å². The van der Waals surface area contributed by atoms with Crippen LogP contribution in [-0.2, 0) is 20.0 Å². The largest absolute Gasteiger partial charge is 0.372 e. The number of aliphatic hydroxyl groups is 1. The third-order valence-electron chi connectivity index (χ3n) is 9.12. The molecule has 2 aliphatic carbocycles. The molecular weight excluding hydrogens is 554 g/mol. The summed E-state index contributed by atoms with van der Waals surface area (Å²) in [6, 6.07) is 9.88. The van der Waals surface area contributed by atoms with E-state index < -0.39 is 59.7 Å². The van der Waals surface area contributed by atoms with E-state index in [9.17, 15) is 24.8 Å². The Morgan fingerprint density at radius 3 is 2.66 bits per heavy atom. The van der Waals surface area contributed by atoms with E-state index in [0.29, 0.717) is 24.1 Å². The third kappa shape index (κ3) is 4.37. The van der Waals surface area contributed by atoms with Gasteiger partial charge in [-0.2, -0.15) is 5.26 Å². The van der Waals surface area contributed by atoms with Crippen LogP contribution in [0.1, 0.15) is 49.7 Å². The van der Waals surface area contributed by atoms with Gasteiger partial charge in [-0.05, 0) is 55.4 Å². The average Bonchev–Trinajstić information content (AvgIpc) is 3.21. The molecule has 0 unspecified atom stereocenters. The van der Waals surface area contributed by atoms with Crippen molar-refractivity contribution in [3.63, 3.8) is 0 Å². The first kappa shape index (κ1) is 27.6. The van der Waals surface area contributed by atoms with E-state index in [-0.39, 0.29) is 41.3 Å². The van der Waals surface area contributed by atoms with Crippen LogP contribution >= 0.6 is 11.6 Å². The van der Waals surface area contributed by atoms with Gasteiger partial charge in [-0.25, -0.2) is 8.78 Å². The number of carbonyl (C=O) groups excluding carboxylic acids is 3. The molecule has 6 atom stereocenters. The molecule has 0 aromatic heterocycles. The second kappa shape index (κ2) is 10.1. The number of amides is 3. The highest BCUT2D eigenvalue weighted by molar-refractivity contribution is 6.31. The molecule has 3 N–H and O–H groups in total. The van der Waals surface area contributed by atoms with Crippen LogP contribution in [0.15, 0.2) is 42.5 Å². The number of fused-ring (bicyclic) bond motifs is 6. The highest BCUT2D eigenvalue weighted by Gasteiger charge is 2.63. The van der Waals surface area contributed by atoms with Gasteiger partial charge in [-0.1, -0.05) is 41.9 Å². The van der Waals surface area contributed by atoms with Crippen molar-refractivity contribution in [2.24, 2.45) is 11.8 Å². The summed E-state index contributed by atoms with van der Waals surface area (Å²) in [4.78, 5) is 41.6. The Morgan fingerprint density at radius 1 is 1.17 bits per heavy atom. The summed E-state index contributed by atoms with van der Waals surface area (Å²) < 4.78 is 30.6. The van der Waals surface area contributed by atoms with E-state index in [2.05, 4.69) is 10.6 Å². The highest BCUT2D eigenvalue weighted by atomic mass is 35.5. The van der Waals surface area contributed by atoms with Crippen LogP contribution in [0.2, 0.25) is 5.02 Å². The summed E-state index contributed by atoms with van der Waals surface area (Å²) in [5.41, 5.74) is -0.546. The van der Waals surface area contributed by atoms with Gasteiger partial charge in [0.05, 0.1) is 12.0 Å². The Labute approximate surface area is 240 Å². The number of nitrogens with zero attached hydrogens (tertiary/aromatic N) is 2. The number of halogens is 3. The van der Waals surface area contributed by atoms with Crippen molar-refractivity contribution in [3.8, 4) is 17.2 Å². The number of rotatable bonds is 5. The number of piperidine rings is 3. The van der Waals surface area contributed by atoms with Gasteiger partial charge < -0.3 is 20.6 Å². The minimum Gasteiger partial charge on any atom is -0.372 e. The monoisotopic (exact) mass is 582 g/mol. The molecule has 2 bridgehead atoms.